The highest BCUT2D eigenvalue weighted by atomic mass is 16.5. The molecule has 4 aromatic rings. The number of aromatic nitrogens is 4. The van der Waals surface area contributed by atoms with Crippen molar-refractivity contribution in [1.82, 2.24) is 24.6 Å². The summed E-state index contributed by atoms with van der Waals surface area (Å²) in [6.07, 6.45) is 9.79. The van der Waals surface area contributed by atoms with Crippen LogP contribution in [0.5, 0.6) is 5.88 Å². The molecule has 1 aromatic carbocycles. The molecule has 0 N–H and O–H groups in total. The van der Waals surface area contributed by atoms with Crippen molar-refractivity contribution in [2.45, 2.75) is 25.4 Å². The molecule has 0 bridgehead atoms. The molecule has 5 heterocycles. The Hall–Kier alpha value is -3.39. The highest BCUT2D eigenvalue weighted by Crippen LogP contribution is 2.31. The summed E-state index contributed by atoms with van der Waals surface area (Å²) in [5, 5.41) is 5.47. The molecule has 0 amide bonds. The number of nitrogens with zero attached hydrogens (tertiary/aromatic N) is 6. The van der Waals surface area contributed by atoms with Crippen molar-refractivity contribution in [3.63, 3.8) is 0 Å². The number of piperidine rings is 1. The van der Waals surface area contributed by atoms with Crippen molar-refractivity contribution in [2.75, 3.05) is 37.7 Å². The first-order valence-electron chi connectivity index (χ1n) is 11.7. The zero-order valence-corrected chi connectivity index (χ0v) is 18.6. The Bertz CT molecular complexity index is 1190. The van der Waals surface area contributed by atoms with Gasteiger partial charge in [-0.05, 0) is 30.5 Å². The third kappa shape index (κ3) is 4.30. The number of hydrogen-bond acceptors (Lipinski definition) is 7. The first-order valence-corrected chi connectivity index (χ1v) is 11.7. The molecule has 8 nitrogen and oxygen atoms in total. The molecule has 0 aliphatic carbocycles. The van der Waals surface area contributed by atoms with Crippen molar-refractivity contribution < 1.29 is 9.26 Å². The van der Waals surface area contributed by atoms with Crippen LogP contribution >= 0.6 is 0 Å². The van der Waals surface area contributed by atoms with Gasteiger partial charge in [-0.3, -0.25) is 4.90 Å². The number of anilines is 1. The fourth-order valence-corrected chi connectivity index (χ4v) is 5.07. The summed E-state index contributed by atoms with van der Waals surface area (Å²) in [6.45, 7) is 5.59. The van der Waals surface area contributed by atoms with E-state index in [0.29, 0.717) is 24.4 Å². The van der Waals surface area contributed by atoms with Crippen LogP contribution in [0.3, 0.4) is 0 Å². The van der Waals surface area contributed by atoms with Gasteiger partial charge in [-0.15, -0.1) is 0 Å². The number of pyridine rings is 1. The van der Waals surface area contributed by atoms with Gasteiger partial charge in [0.1, 0.15) is 0 Å². The quantitative estimate of drug-likeness (QED) is 0.451. The van der Waals surface area contributed by atoms with Crippen molar-refractivity contribution in [3.8, 4) is 5.88 Å². The third-order valence-corrected chi connectivity index (χ3v) is 6.85. The van der Waals surface area contributed by atoms with Crippen molar-refractivity contribution in [1.29, 1.82) is 0 Å². The third-order valence-electron chi connectivity index (χ3n) is 6.85. The SMILES string of the molecule is c1ccc2c(N3CCN4C[C@H](COc5ccc(Cn6ccnc6)cn5)CC[C@@H]4C3)noc2c1. The number of para-hydroxylation sites is 1. The largest absolute Gasteiger partial charge is 0.477 e. The van der Waals surface area contributed by atoms with Crippen molar-refractivity contribution in [3.05, 3.63) is 66.9 Å². The van der Waals surface area contributed by atoms with Crippen molar-refractivity contribution in [2.24, 2.45) is 5.92 Å². The van der Waals surface area contributed by atoms with Gasteiger partial charge >= 0.3 is 0 Å². The van der Waals surface area contributed by atoms with Crippen LogP contribution < -0.4 is 9.64 Å². The lowest BCUT2D eigenvalue weighted by Crippen LogP contribution is -2.57. The Labute approximate surface area is 192 Å². The molecule has 2 saturated heterocycles. The number of hydrogen-bond donors (Lipinski definition) is 0. The van der Waals surface area contributed by atoms with Crippen LogP contribution in [0.1, 0.15) is 18.4 Å². The highest BCUT2D eigenvalue weighted by Gasteiger charge is 2.34. The first kappa shape index (κ1) is 20.2. The zero-order chi connectivity index (χ0) is 22.0. The molecule has 0 saturated carbocycles. The topological polar surface area (TPSA) is 72.5 Å². The van der Waals surface area contributed by atoms with E-state index in [4.69, 9.17) is 9.26 Å². The number of benzene rings is 1. The summed E-state index contributed by atoms with van der Waals surface area (Å²) in [4.78, 5) is 13.6. The lowest BCUT2D eigenvalue weighted by Gasteiger charge is -2.46. The maximum Gasteiger partial charge on any atom is 0.213 e. The predicted molar refractivity (Wildman–Crippen MR) is 125 cm³/mol. The van der Waals surface area contributed by atoms with Gasteiger partial charge in [-0.25, -0.2) is 9.97 Å². The number of imidazole rings is 1. The van der Waals surface area contributed by atoms with Crippen LogP contribution in [0.4, 0.5) is 5.82 Å². The molecule has 0 radical (unpaired) electrons. The second kappa shape index (κ2) is 8.86. The monoisotopic (exact) mass is 444 g/mol. The summed E-state index contributed by atoms with van der Waals surface area (Å²) in [6, 6.07) is 12.7. The Morgan fingerprint density at radius 3 is 2.91 bits per heavy atom. The molecule has 6 rings (SSSR count). The van der Waals surface area contributed by atoms with Gasteiger partial charge in [0.15, 0.2) is 11.4 Å². The van der Waals surface area contributed by atoms with Crippen LogP contribution in [0, 0.1) is 5.92 Å². The molecule has 0 unspecified atom stereocenters. The average Bonchev–Trinajstić information content (AvgIpc) is 3.53. The zero-order valence-electron chi connectivity index (χ0n) is 18.6. The molecule has 3 aromatic heterocycles. The number of piperazine rings is 1. The Balaban J connectivity index is 1.01. The van der Waals surface area contributed by atoms with Gasteiger partial charge in [0, 0.05) is 62.8 Å². The van der Waals surface area contributed by atoms with E-state index < -0.39 is 0 Å². The van der Waals surface area contributed by atoms with Crippen LogP contribution in [0.25, 0.3) is 11.0 Å². The highest BCUT2D eigenvalue weighted by molar-refractivity contribution is 5.88. The summed E-state index contributed by atoms with van der Waals surface area (Å²) < 4.78 is 13.6. The fraction of sp³-hybridized carbons (Fsp3) is 0.400. The molecule has 0 spiro atoms. The van der Waals surface area contributed by atoms with Crippen LogP contribution in [-0.4, -0.2) is 63.4 Å². The molecule has 2 atom stereocenters. The van der Waals surface area contributed by atoms with E-state index in [1.54, 1.807) is 6.20 Å². The second-order valence-electron chi connectivity index (χ2n) is 9.09. The van der Waals surface area contributed by atoms with Crippen LogP contribution in [0.15, 0.2) is 65.8 Å². The van der Waals surface area contributed by atoms with E-state index in [1.807, 2.05) is 47.6 Å². The Kier molecular flexibility index (Phi) is 5.43. The molecule has 8 heteroatoms. The first-order chi connectivity index (χ1) is 16.3. The minimum atomic E-state index is 0.535. The molecule has 2 fully saturated rings. The van der Waals surface area contributed by atoms with Gasteiger partial charge in [-0.2, -0.15) is 0 Å². The Morgan fingerprint density at radius 2 is 2.03 bits per heavy atom. The van der Waals surface area contributed by atoms with Gasteiger partial charge in [0.2, 0.25) is 5.88 Å². The van der Waals surface area contributed by atoms with E-state index in [2.05, 4.69) is 37.1 Å². The number of fused-ring (bicyclic) bond motifs is 2. The normalized spacial score (nSPS) is 21.3. The molecular weight excluding hydrogens is 416 g/mol. The van der Waals surface area contributed by atoms with Crippen molar-refractivity contribution >= 4 is 16.8 Å². The van der Waals surface area contributed by atoms with E-state index >= 15 is 0 Å². The van der Waals surface area contributed by atoms with Gasteiger partial charge in [0.25, 0.3) is 0 Å². The van der Waals surface area contributed by atoms with Crippen LogP contribution in [0.2, 0.25) is 0 Å². The standard InChI is InChI=1S/C25H28N6O2/c1-2-4-23-22(3-1)25(28-33-23)31-12-11-30-15-20(5-7-21(30)16-31)17-32-24-8-6-19(13-27-24)14-29-10-9-26-18-29/h1-4,6,8-10,13,18,20-21H,5,7,11-12,14-17H2/t20-,21-/m1/s1. The summed E-state index contributed by atoms with van der Waals surface area (Å²) >= 11 is 0. The van der Waals surface area contributed by atoms with E-state index in [-0.39, 0.29) is 0 Å². The number of ether oxygens (including phenoxy) is 1. The number of rotatable bonds is 6. The minimum absolute atomic E-state index is 0.535. The van der Waals surface area contributed by atoms with Gasteiger partial charge in [0.05, 0.1) is 24.9 Å². The lowest BCUT2D eigenvalue weighted by molar-refractivity contribution is 0.0717. The maximum atomic E-state index is 6.05. The summed E-state index contributed by atoms with van der Waals surface area (Å²) in [7, 11) is 0. The molecule has 170 valence electrons. The van der Waals surface area contributed by atoms with Gasteiger partial charge < -0.3 is 18.7 Å². The molecule has 33 heavy (non-hydrogen) atoms. The smallest absolute Gasteiger partial charge is 0.213 e. The van der Waals surface area contributed by atoms with E-state index in [0.717, 1.165) is 55.1 Å². The predicted octanol–water partition coefficient (Wildman–Crippen LogP) is 3.45. The average molecular weight is 445 g/mol. The molecule has 2 aliphatic heterocycles. The fourth-order valence-electron chi connectivity index (χ4n) is 5.07. The second-order valence-corrected chi connectivity index (χ2v) is 9.09. The molecule has 2 aliphatic rings. The van der Waals surface area contributed by atoms with E-state index in [1.165, 1.54) is 12.8 Å². The molecular formula is C25H28N6O2. The maximum absolute atomic E-state index is 6.05. The minimum Gasteiger partial charge on any atom is -0.477 e. The summed E-state index contributed by atoms with van der Waals surface area (Å²) in [5.41, 5.74) is 2.00. The summed E-state index contributed by atoms with van der Waals surface area (Å²) in [5.74, 6) is 2.22. The lowest BCUT2D eigenvalue weighted by atomic mass is 9.91. The van der Waals surface area contributed by atoms with E-state index in [9.17, 15) is 0 Å². The Morgan fingerprint density at radius 1 is 1.06 bits per heavy atom. The van der Waals surface area contributed by atoms with Gasteiger partial charge in [-0.1, -0.05) is 23.4 Å². The van der Waals surface area contributed by atoms with Crippen LogP contribution in [-0.2, 0) is 6.54 Å².